The number of likely N-dealkylation sites (N-methyl/N-ethyl adjacent to an activating group) is 1. The molecule has 1 heterocycles. The summed E-state index contributed by atoms with van der Waals surface area (Å²) in [7, 11) is 2.01. The van der Waals surface area contributed by atoms with Crippen LogP contribution in [0.2, 0.25) is 0 Å². The summed E-state index contributed by atoms with van der Waals surface area (Å²) in [5.74, 6) is 1.14. The fourth-order valence-electron chi connectivity index (χ4n) is 2.51. The van der Waals surface area contributed by atoms with E-state index in [4.69, 9.17) is 0 Å². The molecule has 0 saturated heterocycles. The molecule has 1 aromatic heterocycles. The molecule has 0 radical (unpaired) electrons. The summed E-state index contributed by atoms with van der Waals surface area (Å²) < 4.78 is 3.37. The highest BCUT2D eigenvalue weighted by atomic mass is 79.9. The number of nitrogens with one attached hydrogen (secondary N) is 1. The Bertz CT molecular complexity index is 563. The minimum atomic E-state index is 0.283. The fraction of sp³-hybridized carbons (Fsp3) is 0.438. The fourth-order valence-corrected chi connectivity index (χ4v) is 2.89. The standard InChI is InChI=1S/C16H22BrN3/c1-4-8-20-9-7-19-16(20)11-15(18-3)14-10-13(17)6-5-12(14)2/h5-7,9-10,15,18H,4,8,11H2,1-3H3. The zero-order valence-corrected chi connectivity index (χ0v) is 13.9. The molecule has 1 aromatic carbocycles. The zero-order valence-electron chi connectivity index (χ0n) is 12.4. The quantitative estimate of drug-likeness (QED) is 0.868. The predicted molar refractivity (Wildman–Crippen MR) is 86.9 cm³/mol. The molecule has 1 N–H and O–H groups in total. The van der Waals surface area contributed by atoms with Crippen molar-refractivity contribution >= 4 is 15.9 Å². The molecule has 0 amide bonds. The molecule has 1 unspecified atom stereocenters. The van der Waals surface area contributed by atoms with E-state index >= 15 is 0 Å². The van der Waals surface area contributed by atoms with Gasteiger partial charge in [0.25, 0.3) is 0 Å². The van der Waals surface area contributed by atoms with Gasteiger partial charge in [-0.15, -0.1) is 0 Å². The van der Waals surface area contributed by atoms with Gasteiger partial charge in [-0.3, -0.25) is 0 Å². The maximum Gasteiger partial charge on any atom is 0.110 e. The lowest BCUT2D eigenvalue weighted by atomic mass is 9.98. The van der Waals surface area contributed by atoms with E-state index in [2.05, 4.69) is 69.0 Å². The molecule has 108 valence electrons. The third-order valence-corrected chi connectivity index (χ3v) is 4.11. The van der Waals surface area contributed by atoms with Gasteiger partial charge in [0.15, 0.2) is 0 Å². The Morgan fingerprint density at radius 3 is 2.90 bits per heavy atom. The predicted octanol–water partition coefficient (Wildman–Crippen LogP) is 3.87. The van der Waals surface area contributed by atoms with Gasteiger partial charge in [0, 0.05) is 35.9 Å². The average molecular weight is 336 g/mol. The van der Waals surface area contributed by atoms with Crippen LogP contribution in [0.15, 0.2) is 35.1 Å². The molecular weight excluding hydrogens is 314 g/mol. The van der Waals surface area contributed by atoms with E-state index in [9.17, 15) is 0 Å². The lowest BCUT2D eigenvalue weighted by Gasteiger charge is -2.19. The number of aromatic nitrogens is 2. The monoisotopic (exact) mass is 335 g/mol. The van der Waals surface area contributed by atoms with Crippen LogP contribution in [-0.2, 0) is 13.0 Å². The number of halogens is 1. The van der Waals surface area contributed by atoms with E-state index in [1.165, 1.54) is 11.1 Å². The molecular formula is C16H22BrN3. The topological polar surface area (TPSA) is 29.9 Å². The summed E-state index contributed by atoms with van der Waals surface area (Å²) in [6.45, 7) is 5.38. The van der Waals surface area contributed by atoms with Gasteiger partial charge in [0.2, 0.25) is 0 Å². The zero-order chi connectivity index (χ0) is 14.5. The van der Waals surface area contributed by atoms with Gasteiger partial charge in [-0.25, -0.2) is 4.98 Å². The van der Waals surface area contributed by atoms with Crippen LogP contribution in [0, 0.1) is 6.92 Å². The van der Waals surface area contributed by atoms with E-state index in [1.807, 2.05) is 13.2 Å². The van der Waals surface area contributed by atoms with Gasteiger partial charge in [0.05, 0.1) is 0 Å². The molecule has 0 fully saturated rings. The summed E-state index contributed by atoms with van der Waals surface area (Å²) in [6.07, 6.45) is 6.00. The number of benzene rings is 1. The second-order valence-electron chi connectivity index (χ2n) is 5.08. The molecule has 0 saturated carbocycles. The molecule has 2 aromatic rings. The van der Waals surface area contributed by atoms with Gasteiger partial charge in [-0.2, -0.15) is 0 Å². The lowest BCUT2D eigenvalue weighted by molar-refractivity contribution is 0.541. The van der Waals surface area contributed by atoms with Crippen molar-refractivity contribution in [3.05, 3.63) is 52.0 Å². The number of hydrogen-bond acceptors (Lipinski definition) is 2. The first-order valence-electron chi connectivity index (χ1n) is 7.09. The smallest absolute Gasteiger partial charge is 0.110 e. The van der Waals surface area contributed by atoms with Crippen LogP contribution in [0.4, 0.5) is 0 Å². The van der Waals surface area contributed by atoms with Crippen molar-refractivity contribution in [2.75, 3.05) is 7.05 Å². The summed E-state index contributed by atoms with van der Waals surface area (Å²) >= 11 is 3.56. The van der Waals surface area contributed by atoms with Crippen molar-refractivity contribution in [2.24, 2.45) is 0 Å². The number of nitrogens with zero attached hydrogens (tertiary/aromatic N) is 2. The van der Waals surface area contributed by atoms with Gasteiger partial charge in [-0.05, 0) is 43.7 Å². The lowest BCUT2D eigenvalue weighted by Crippen LogP contribution is -2.21. The van der Waals surface area contributed by atoms with Gasteiger partial charge >= 0.3 is 0 Å². The molecule has 0 spiro atoms. The molecule has 2 rings (SSSR count). The van der Waals surface area contributed by atoms with Crippen molar-refractivity contribution in [3.63, 3.8) is 0 Å². The number of rotatable bonds is 6. The summed E-state index contributed by atoms with van der Waals surface area (Å²) in [4.78, 5) is 4.51. The highest BCUT2D eigenvalue weighted by molar-refractivity contribution is 9.10. The van der Waals surface area contributed by atoms with Crippen molar-refractivity contribution in [1.29, 1.82) is 0 Å². The third kappa shape index (κ3) is 3.49. The normalized spacial score (nSPS) is 12.6. The Balaban J connectivity index is 2.24. The van der Waals surface area contributed by atoms with E-state index < -0.39 is 0 Å². The number of hydrogen-bond donors (Lipinski definition) is 1. The Labute approximate surface area is 129 Å². The largest absolute Gasteiger partial charge is 0.335 e. The minimum Gasteiger partial charge on any atom is -0.335 e. The summed E-state index contributed by atoms with van der Waals surface area (Å²) in [5.41, 5.74) is 2.63. The van der Waals surface area contributed by atoms with Crippen molar-refractivity contribution in [1.82, 2.24) is 14.9 Å². The van der Waals surface area contributed by atoms with Crippen molar-refractivity contribution in [2.45, 2.75) is 39.3 Å². The molecule has 4 heteroatoms. The first kappa shape index (κ1) is 15.3. The van der Waals surface area contributed by atoms with Crippen molar-refractivity contribution in [3.8, 4) is 0 Å². The van der Waals surface area contributed by atoms with Crippen molar-refractivity contribution < 1.29 is 0 Å². The maximum absolute atomic E-state index is 4.51. The highest BCUT2D eigenvalue weighted by Crippen LogP contribution is 2.24. The molecule has 20 heavy (non-hydrogen) atoms. The van der Waals surface area contributed by atoms with E-state index in [0.29, 0.717) is 0 Å². The van der Waals surface area contributed by atoms with Crippen LogP contribution in [-0.4, -0.2) is 16.6 Å². The third-order valence-electron chi connectivity index (χ3n) is 3.62. The van der Waals surface area contributed by atoms with E-state index in [1.54, 1.807) is 0 Å². The van der Waals surface area contributed by atoms with Crippen LogP contribution in [0.1, 0.15) is 36.3 Å². The highest BCUT2D eigenvalue weighted by Gasteiger charge is 2.15. The second-order valence-corrected chi connectivity index (χ2v) is 6.00. The molecule has 0 bridgehead atoms. The Morgan fingerprint density at radius 1 is 1.40 bits per heavy atom. The summed E-state index contributed by atoms with van der Waals surface area (Å²) in [5, 5.41) is 3.42. The second kappa shape index (κ2) is 7.04. The first-order chi connectivity index (χ1) is 9.65. The molecule has 3 nitrogen and oxygen atoms in total. The van der Waals surface area contributed by atoms with Gasteiger partial charge in [-0.1, -0.05) is 28.9 Å². The van der Waals surface area contributed by atoms with Crippen LogP contribution < -0.4 is 5.32 Å². The van der Waals surface area contributed by atoms with Gasteiger partial charge < -0.3 is 9.88 Å². The van der Waals surface area contributed by atoms with Crippen LogP contribution in [0.3, 0.4) is 0 Å². The van der Waals surface area contributed by atoms with E-state index in [0.717, 1.165) is 29.7 Å². The maximum atomic E-state index is 4.51. The number of aryl methyl sites for hydroxylation is 2. The minimum absolute atomic E-state index is 0.283. The SMILES string of the molecule is CCCn1ccnc1CC(NC)c1cc(Br)ccc1C. The molecule has 0 aliphatic heterocycles. The molecule has 1 atom stereocenters. The van der Waals surface area contributed by atoms with Crippen LogP contribution >= 0.6 is 15.9 Å². The molecule has 0 aliphatic carbocycles. The van der Waals surface area contributed by atoms with Crippen LogP contribution in [0.5, 0.6) is 0 Å². The Hall–Kier alpha value is -1.13. The Kier molecular flexibility index (Phi) is 5.38. The molecule has 0 aliphatic rings. The summed E-state index contributed by atoms with van der Waals surface area (Å²) in [6, 6.07) is 6.72. The number of imidazole rings is 1. The average Bonchev–Trinajstić information content (AvgIpc) is 2.87. The van der Waals surface area contributed by atoms with Crippen LogP contribution in [0.25, 0.3) is 0 Å². The van der Waals surface area contributed by atoms with Gasteiger partial charge in [0.1, 0.15) is 5.82 Å². The first-order valence-corrected chi connectivity index (χ1v) is 7.88. The Morgan fingerprint density at radius 2 is 2.20 bits per heavy atom. The van der Waals surface area contributed by atoms with E-state index in [-0.39, 0.29) is 6.04 Å².